The summed E-state index contributed by atoms with van der Waals surface area (Å²) >= 11 is 0. The lowest BCUT2D eigenvalue weighted by Gasteiger charge is -2.15. The van der Waals surface area contributed by atoms with Gasteiger partial charge in [0.15, 0.2) is 0 Å². The van der Waals surface area contributed by atoms with Gasteiger partial charge in [0, 0.05) is 13.0 Å². The fourth-order valence-electron chi connectivity index (χ4n) is 2.62. The highest BCUT2D eigenvalue weighted by Gasteiger charge is 2.21. The first-order valence-electron chi connectivity index (χ1n) is 8.42. The van der Waals surface area contributed by atoms with Gasteiger partial charge in [-0.05, 0) is 38.5 Å². The van der Waals surface area contributed by atoms with Crippen LogP contribution >= 0.6 is 0 Å². The van der Waals surface area contributed by atoms with Crippen LogP contribution in [0.1, 0.15) is 70.6 Å². The van der Waals surface area contributed by atoms with Crippen LogP contribution in [0.3, 0.4) is 0 Å². The van der Waals surface area contributed by atoms with Crippen LogP contribution in [0.4, 0.5) is 0 Å². The summed E-state index contributed by atoms with van der Waals surface area (Å²) in [5, 5.41) is 5.71. The van der Waals surface area contributed by atoms with Gasteiger partial charge in [-0.3, -0.25) is 9.59 Å². The van der Waals surface area contributed by atoms with Gasteiger partial charge in [-0.1, -0.05) is 31.8 Å². The molecular formula is C17H30N2O2. The molecule has 0 aromatic rings. The molecule has 1 fully saturated rings. The highest BCUT2D eigenvalue weighted by molar-refractivity contribution is 5.87. The Morgan fingerprint density at radius 3 is 2.67 bits per heavy atom. The maximum Gasteiger partial charge on any atom is 0.242 e. The smallest absolute Gasteiger partial charge is 0.242 e. The zero-order valence-electron chi connectivity index (χ0n) is 13.2. The van der Waals surface area contributed by atoms with Gasteiger partial charge in [-0.2, -0.15) is 0 Å². The topological polar surface area (TPSA) is 58.2 Å². The van der Waals surface area contributed by atoms with E-state index in [-0.39, 0.29) is 17.9 Å². The molecule has 0 aliphatic carbocycles. The summed E-state index contributed by atoms with van der Waals surface area (Å²) in [7, 11) is 0. The molecule has 0 saturated carbocycles. The van der Waals surface area contributed by atoms with Gasteiger partial charge in [0.25, 0.3) is 0 Å². The highest BCUT2D eigenvalue weighted by atomic mass is 16.2. The van der Waals surface area contributed by atoms with Crippen molar-refractivity contribution in [3.05, 3.63) is 12.7 Å². The average molecular weight is 294 g/mol. The summed E-state index contributed by atoms with van der Waals surface area (Å²) in [4.78, 5) is 23.6. The van der Waals surface area contributed by atoms with Crippen molar-refractivity contribution in [3.8, 4) is 0 Å². The van der Waals surface area contributed by atoms with Crippen molar-refractivity contribution in [2.75, 3.05) is 6.54 Å². The number of hydrogen-bond acceptors (Lipinski definition) is 2. The second-order valence-corrected chi connectivity index (χ2v) is 5.86. The number of carbonyl (C=O) groups is 2. The Kier molecular flexibility index (Phi) is 9.58. The molecule has 21 heavy (non-hydrogen) atoms. The molecule has 1 aliphatic rings. The van der Waals surface area contributed by atoms with Crippen molar-refractivity contribution in [2.24, 2.45) is 0 Å². The van der Waals surface area contributed by atoms with Crippen molar-refractivity contribution in [3.63, 3.8) is 0 Å². The molecule has 1 atom stereocenters. The summed E-state index contributed by atoms with van der Waals surface area (Å²) < 4.78 is 0. The maximum absolute atomic E-state index is 11.8. The molecule has 1 aliphatic heterocycles. The van der Waals surface area contributed by atoms with E-state index in [0.29, 0.717) is 6.42 Å². The Morgan fingerprint density at radius 1 is 1.19 bits per heavy atom. The Bertz CT molecular complexity index is 329. The number of carbonyl (C=O) groups excluding carboxylic acids is 2. The Hall–Kier alpha value is -1.32. The SMILES string of the molecule is C=CCCCCCCCCC(=O)N[C@H]1CCCCNC1=O. The van der Waals surface area contributed by atoms with E-state index in [9.17, 15) is 9.59 Å². The summed E-state index contributed by atoms with van der Waals surface area (Å²) in [6.45, 7) is 4.45. The first kappa shape index (κ1) is 17.7. The Labute approximate surface area is 128 Å². The van der Waals surface area contributed by atoms with Gasteiger partial charge < -0.3 is 10.6 Å². The molecule has 0 unspecified atom stereocenters. The van der Waals surface area contributed by atoms with Crippen LogP contribution in [0.5, 0.6) is 0 Å². The molecule has 4 heteroatoms. The lowest BCUT2D eigenvalue weighted by atomic mass is 10.1. The molecule has 4 nitrogen and oxygen atoms in total. The lowest BCUT2D eigenvalue weighted by molar-refractivity contribution is -0.128. The zero-order valence-corrected chi connectivity index (χ0v) is 13.2. The number of hydrogen-bond donors (Lipinski definition) is 2. The van der Waals surface area contributed by atoms with E-state index in [0.717, 1.165) is 45.1 Å². The highest BCUT2D eigenvalue weighted by Crippen LogP contribution is 2.10. The Balaban J connectivity index is 2.02. The third-order valence-electron chi connectivity index (χ3n) is 3.93. The van der Waals surface area contributed by atoms with Crippen molar-refractivity contribution < 1.29 is 9.59 Å². The van der Waals surface area contributed by atoms with Crippen molar-refractivity contribution in [1.82, 2.24) is 10.6 Å². The normalized spacial score (nSPS) is 18.7. The second-order valence-electron chi connectivity index (χ2n) is 5.86. The van der Waals surface area contributed by atoms with Crippen LogP contribution in [0.25, 0.3) is 0 Å². The van der Waals surface area contributed by atoms with Crippen LogP contribution in [-0.4, -0.2) is 24.4 Å². The summed E-state index contributed by atoms with van der Waals surface area (Å²) in [6.07, 6.45) is 13.3. The predicted octanol–water partition coefficient (Wildman–Crippen LogP) is 3.08. The minimum atomic E-state index is -0.320. The molecular weight excluding hydrogens is 264 g/mol. The molecule has 0 aromatic heterocycles. The number of rotatable bonds is 10. The summed E-state index contributed by atoms with van der Waals surface area (Å²) in [6, 6.07) is -0.320. The minimum absolute atomic E-state index is 0.0173. The summed E-state index contributed by atoms with van der Waals surface area (Å²) in [5.41, 5.74) is 0. The van der Waals surface area contributed by atoms with E-state index >= 15 is 0 Å². The molecule has 0 spiro atoms. The molecule has 1 saturated heterocycles. The number of unbranched alkanes of at least 4 members (excludes halogenated alkanes) is 6. The van der Waals surface area contributed by atoms with Gasteiger partial charge in [-0.15, -0.1) is 6.58 Å². The molecule has 2 amide bonds. The van der Waals surface area contributed by atoms with Gasteiger partial charge in [-0.25, -0.2) is 0 Å². The van der Waals surface area contributed by atoms with E-state index in [2.05, 4.69) is 17.2 Å². The second kappa shape index (κ2) is 11.4. The van der Waals surface area contributed by atoms with Crippen molar-refractivity contribution in [1.29, 1.82) is 0 Å². The summed E-state index contributed by atoms with van der Waals surface area (Å²) in [5.74, 6) is -0.00761. The van der Waals surface area contributed by atoms with Crippen LogP contribution in [0.15, 0.2) is 12.7 Å². The third-order valence-corrected chi connectivity index (χ3v) is 3.93. The standard InChI is InChI=1S/C17H30N2O2/c1-2-3-4-5-6-7-8-9-13-16(20)19-15-12-10-11-14-18-17(15)21/h2,15H,1,3-14H2,(H,18,21)(H,19,20)/t15-/m0/s1. The third kappa shape index (κ3) is 8.53. The van der Waals surface area contributed by atoms with E-state index in [1.165, 1.54) is 25.7 Å². The Morgan fingerprint density at radius 2 is 1.90 bits per heavy atom. The quantitative estimate of drug-likeness (QED) is 0.480. The first-order valence-corrected chi connectivity index (χ1v) is 8.42. The zero-order chi connectivity index (χ0) is 15.3. The first-order chi connectivity index (χ1) is 10.2. The molecule has 0 aromatic carbocycles. The van der Waals surface area contributed by atoms with Gasteiger partial charge in [0.1, 0.15) is 6.04 Å². The largest absolute Gasteiger partial charge is 0.354 e. The van der Waals surface area contributed by atoms with Crippen molar-refractivity contribution >= 4 is 11.8 Å². The monoisotopic (exact) mass is 294 g/mol. The fourth-order valence-corrected chi connectivity index (χ4v) is 2.62. The van der Waals surface area contributed by atoms with Crippen molar-refractivity contribution in [2.45, 2.75) is 76.7 Å². The molecule has 1 heterocycles. The van der Waals surface area contributed by atoms with Crippen LogP contribution in [-0.2, 0) is 9.59 Å². The maximum atomic E-state index is 11.8. The minimum Gasteiger partial charge on any atom is -0.354 e. The number of allylic oxidation sites excluding steroid dienone is 1. The van der Waals surface area contributed by atoms with Gasteiger partial charge in [0.2, 0.25) is 11.8 Å². The molecule has 0 radical (unpaired) electrons. The van der Waals surface area contributed by atoms with Gasteiger partial charge in [0.05, 0.1) is 0 Å². The van der Waals surface area contributed by atoms with Crippen LogP contribution in [0, 0.1) is 0 Å². The van der Waals surface area contributed by atoms with E-state index in [1.807, 2.05) is 6.08 Å². The average Bonchev–Trinajstić information content (AvgIpc) is 2.67. The predicted molar refractivity (Wildman–Crippen MR) is 85.9 cm³/mol. The number of amides is 2. The molecule has 0 bridgehead atoms. The van der Waals surface area contributed by atoms with Crippen LogP contribution < -0.4 is 10.6 Å². The van der Waals surface area contributed by atoms with E-state index in [4.69, 9.17) is 0 Å². The molecule has 120 valence electrons. The van der Waals surface area contributed by atoms with Gasteiger partial charge >= 0.3 is 0 Å². The fraction of sp³-hybridized carbons (Fsp3) is 0.765. The molecule has 1 rings (SSSR count). The number of nitrogens with one attached hydrogen (secondary N) is 2. The van der Waals surface area contributed by atoms with E-state index in [1.54, 1.807) is 0 Å². The molecule has 2 N–H and O–H groups in total. The van der Waals surface area contributed by atoms with E-state index < -0.39 is 0 Å². The lowest BCUT2D eigenvalue weighted by Crippen LogP contribution is -2.45. The van der Waals surface area contributed by atoms with Crippen LogP contribution in [0.2, 0.25) is 0 Å².